The average Bonchev–Trinajstić information content (AvgIpc) is 2.80. The molecule has 1 heterocycles. The molecule has 0 saturated carbocycles. The van der Waals surface area contributed by atoms with Gasteiger partial charge in [0.1, 0.15) is 17.1 Å². The Kier molecular flexibility index (Phi) is 8.50. The van der Waals surface area contributed by atoms with Gasteiger partial charge in [-0.15, -0.1) is 0 Å². The number of pyridine rings is 1. The quantitative estimate of drug-likeness (QED) is 0.528. The molecule has 0 atom stereocenters. The van der Waals surface area contributed by atoms with Crippen LogP contribution in [-0.4, -0.2) is 47.3 Å². The van der Waals surface area contributed by atoms with Crippen LogP contribution in [0.25, 0.3) is 12.2 Å². The van der Waals surface area contributed by atoms with E-state index in [1.807, 2.05) is 50.9 Å². The molecule has 3 N–H and O–H groups in total. The van der Waals surface area contributed by atoms with Crippen LogP contribution in [-0.2, 0) is 0 Å². The summed E-state index contributed by atoms with van der Waals surface area (Å²) in [5.74, 6) is -1.41. The zero-order chi connectivity index (χ0) is 24.7. The van der Waals surface area contributed by atoms with Crippen LogP contribution in [0.1, 0.15) is 37.6 Å². The summed E-state index contributed by atoms with van der Waals surface area (Å²) in [5, 5.41) is 25.0. The molecule has 0 aliphatic carbocycles. The third-order valence-corrected chi connectivity index (χ3v) is 5.24. The number of rotatable bonds is 8. The molecule has 1 aromatic carbocycles. The number of carbonyl (C=O) groups excluding carboxylic acids is 1. The minimum atomic E-state index is -0.690. The van der Waals surface area contributed by atoms with Gasteiger partial charge >= 0.3 is 0 Å². The van der Waals surface area contributed by atoms with Crippen LogP contribution in [0, 0.1) is 0 Å². The lowest BCUT2D eigenvalue weighted by molar-refractivity contribution is 0.102. The van der Waals surface area contributed by atoms with Crippen LogP contribution in [0.4, 0.5) is 5.82 Å². The Morgan fingerprint density at radius 2 is 1.91 bits per heavy atom. The highest BCUT2D eigenvalue weighted by molar-refractivity contribution is 6.08. The number of methoxy groups -OCH3 is 2. The third kappa shape index (κ3) is 5.65. The second-order valence-corrected chi connectivity index (χ2v) is 7.28. The number of nitrogens with one attached hydrogen (secondary N) is 1. The van der Waals surface area contributed by atoms with Crippen molar-refractivity contribution in [2.24, 2.45) is 0 Å². The maximum atomic E-state index is 12.9. The molecule has 0 bridgehead atoms. The van der Waals surface area contributed by atoms with E-state index >= 15 is 0 Å². The molecular formula is C25H31N3O5. The molecule has 0 aliphatic rings. The number of ether oxygens (including phenoxy) is 2. The number of hydrogen-bond donors (Lipinski definition) is 3. The van der Waals surface area contributed by atoms with E-state index in [2.05, 4.69) is 16.9 Å². The Hall–Kier alpha value is -3.94. The highest BCUT2D eigenvalue weighted by atomic mass is 16.5. The van der Waals surface area contributed by atoms with Crippen LogP contribution in [0.15, 0.2) is 42.4 Å². The summed E-state index contributed by atoms with van der Waals surface area (Å²) in [6.07, 6.45) is 8.30. The summed E-state index contributed by atoms with van der Waals surface area (Å²) in [5.41, 5.74) is 1.78. The van der Waals surface area contributed by atoms with E-state index in [1.165, 1.54) is 14.2 Å². The number of phenols is 2. The lowest BCUT2D eigenvalue weighted by atomic mass is 10.1. The first kappa shape index (κ1) is 25.3. The number of allylic oxidation sites excluding steroid dienone is 3. The first-order valence-corrected chi connectivity index (χ1v) is 10.3. The fourth-order valence-electron chi connectivity index (χ4n) is 3.24. The van der Waals surface area contributed by atoms with E-state index in [0.29, 0.717) is 6.42 Å². The van der Waals surface area contributed by atoms with Crippen molar-refractivity contribution in [1.29, 1.82) is 0 Å². The van der Waals surface area contributed by atoms with E-state index < -0.39 is 11.7 Å². The van der Waals surface area contributed by atoms with Crippen molar-refractivity contribution >= 4 is 23.9 Å². The van der Waals surface area contributed by atoms with Crippen LogP contribution in [0.5, 0.6) is 23.0 Å². The van der Waals surface area contributed by atoms with Gasteiger partial charge in [0.15, 0.2) is 11.5 Å². The van der Waals surface area contributed by atoms with Gasteiger partial charge in [0.25, 0.3) is 5.91 Å². The van der Waals surface area contributed by atoms with Crippen molar-refractivity contribution in [2.45, 2.75) is 27.2 Å². The van der Waals surface area contributed by atoms with E-state index in [-0.39, 0.29) is 28.6 Å². The SMILES string of the molecule is C=C(C)N(C)/C(=C\C)C/C=c1/cc(NC(=O)c2c(O)cc(OC)c(O)c2OC)nc/c1=C/C. The lowest BCUT2D eigenvalue weighted by Crippen LogP contribution is -2.27. The van der Waals surface area contributed by atoms with Gasteiger partial charge in [0.2, 0.25) is 5.75 Å². The molecule has 176 valence electrons. The van der Waals surface area contributed by atoms with Gasteiger partial charge in [-0.25, -0.2) is 4.98 Å². The first-order valence-electron chi connectivity index (χ1n) is 10.3. The number of aromatic nitrogens is 1. The monoisotopic (exact) mass is 453 g/mol. The second-order valence-electron chi connectivity index (χ2n) is 7.28. The van der Waals surface area contributed by atoms with Gasteiger partial charge in [-0.2, -0.15) is 0 Å². The molecule has 33 heavy (non-hydrogen) atoms. The molecule has 0 aliphatic heterocycles. The summed E-state index contributed by atoms with van der Waals surface area (Å²) in [6, 6.07) is 2.89. The van der Waals surface area contributed by atoms with Crippen molar-refractivity contribution in [3.63, 3.8) is 0 Å². The fourth-order valence-corrected chi connectivity index (χ4v) is 3.24. The number of nitrogens with zero attached hydrogens (tertiary/aromatic N) is 2. The number of amides is 1. The summed E-state index contributed by atoms with van der Waals surface area (Å²) in [6.45, 7) is 9.80. The maximum Gasteiger partial charge on any atom is 0.264 e. The van der Waals surface area contributed by atoms with Crippen molar-refractivity contribution < 1.29 is 24.5 Å². The summed E-state index contributed by atoms with van der Waals surface area (Å²) in [7, 11) is 4.57. The van der Waals surface area contributed by atoms with E-state index in [4.69, 9.17) is 9.47 Å². The van der Waals surface area contributed by atoms with E-state index in [1.54, 1.807) is 12.3 Å². The maximum absolute atomic E-state index is 12.9. The van der Waals surface area contributed by atoms with Crippen LogP contribution in [0.2, 0.25) is 0 Å². The topological polar surface area (TPSA) is 104 Å². The molecular weight excluding hydrogens is 422 g/mol. The number of aromatic hydroxyl groups is 2. The van der Waals surface area contributed by atoms with Gasteiger partial charge in [0.05, 0.1) is 14.2 Å². The molecule has 0 radical (unpaired) electrons. The Labute approximate surface area is 193 Å². The Balaban J connectivity index is 2.44. The Morgan fingerprint density at radius 3 is 2.45 bits per heavy atom. The molecule has 2 aromatic rings. The van der Waals surface area contributed by atoms with Crippen molar-refractivity contribution in [2.75, 3.05) is 26.6 Å². The van der Waals surface area contributed by atoms with Crippen LogP contribution in [0.3, 0.4) is 0 Å². The normalized spacial score (nSPS) is 12.5. The third-order valence-electron chi connectivity index (χ3n) is 5.24. The van der Waals surface area contributed by atoms with Gasteiger partial charge in [-0.05, 0) is 37.3 Å². The molecule has 2 rings (SSSR count). The van der Waals surface area contributed by atoms with Gasteiger partial charge < -0.3 is 29.9 Å². The lowest BCUT2D eigenvalue weighted by Gasteiger charge is -2.21. The van der Waals surface area contributed by atoms with Crippen molar-refractivity contribution in [3.8, 4) is 23.0 Å². The predicted octanol–water partition coefficient (Wildman–Crippen LogP) is 3.10. The van der Waals surface area contributed by atoms with E-state index in [9.17, 15) is 15.0 Å². The number of anilines is 1. The molecule has 0 spiro atoms. The molecule has 1 amide bonds. The average molecular weight is 454 g/mol. The summed E-state index contributed by atoms with van der Waals surface area (Å²) < 4.78 is 10.1. The number of hydrogen-bond acceptors (Lipinski definition) is 7. The molecule has 0 fully saturated rings. The zero-order valence-electron chi connectivity index (χ0n) is 19.9. The van der Waals surface area contributed by atoms with Gasteiger partial charge in [0, 0.05) is 37.1 Å². The van der Waals surface area contributed by atoms with Crippen LogP contribution >= 0.6 is 0 Å². The molecule has 0 unspecified atom stereocenters. The van der Waals surface area contributed by atoms with Gasteiger partial charge in [-0.3, -0.25) is 4.79 Å². The second kappa shape index (κ2) is 11.1. The Bertz CT molecular complexity index is 1200. The summed E-state index contributed by atoms with van der Waals surface area (Å²) >= 11 is 0. The largest absolute Gasteiger partial charge is 0.507 e. The zero-order valence-corrected chi connectivity index (χ0v) is 19.9. The minimum absolute atomic E-state index is 0.0155. The summed E-state index contributed by atoms with van der Waals surface area (Å²) in [4.78, 5) is 19.2. The van der Waals surface area contributed by atoms with Crippen molar-refractivity contribution in [3.05, 3.63) is 58.4 Å². The first-order chi connectivity index (χ1) is 15.7. The Morgan fingerprint density at radius 1 is 1.21 bits per heavy atom. The molecule has 0 saturated heterocycles. The number of phenolic OH excluding ortho intramolecular Hbond substituents is 2. The standard InChI is InChI=1S/C25H31N3O5/c1-8-16-14-26-21(12-17(16)10-11-18(9-2)28(5)15(3)4)27-25(31)22-19(29)13-20(32-6)23(30)24(22)33-7/h8-10,12-14,29-30H,3,11H2,1-2,4-7H3,(H,27,31)/b16-8-,17-10-,18-9-. The number of benzene rings is 1. The highest BCUT2D eigenvalue weighted by Crippen LogP contribution is 2.43. The highest BCUT2D eigenvalue weighted by Gasteiger charge is 2.25. The molecule has 8 nitrogen and oxygen atoms in total. The fraction of sp³-hybridized carbons (Fsp3) is 0.280. The van der Waals surface area contributed by atoms with Crippen molar-refractivity contribution in [1.82, 2.24) is 9.88 Å². The van der Waals surface area contributed by atoms with Gasteiger partial charge in [-0.1, -0.05) is 24.8 Å². The smallest absolute Gasteiger partial charge is 0.264 e. The van der Waals surface area contributed by atoms with E-state index in [0.717, 1.165) is 27.9 Å². The molecule has 8 heteroatoms. The molecule has 1 aromatic heterocycles. The predicted molar refractivity (Wildman–Crippen MR) is 130 cm³/mol. The van der Waals surface area contributed by atoms with Crippen LogP contribution < -0.4 is 25.2 Å². The number of carbonyl (C=O) groups is 1. The minimum Gasteiger partial charge on any atom is -0.507 e.